The number of morpholine rings is 1. The summed E-state index contributed by atoms with van der Waals surface area (Å²) in [5.41, 5.74) is 1.95. The lowest BCUT2D eigenvalue weighted by Gasteiger charge is -2.51. The van der Waals surface area contributed by atoms with Crippen molar-refractivity contribution in [3.8, 4) is 11.4 Å². The van der Waals surface area contributed by atoms with Gasteiger partial charge in [-0.1, -0.05) is 0 Å². The number of carbonyl (C=O) groups is 1. The molecule has 1 saturated heterocycles. The highest BCUT2D eigenvalue weighted by atomic mass is 32.3. The molecule has 1 aliphatic carbocycles. The summed E-state index contributed by atoms with van der Waals surface area (Å²) in [5, 5.41) is 5.74. The largest absolute Gasteiger partial charge is 0.378 e. The molecule has 2 fully saturated rings. The van der Waals surface area contributed by atoms with Gasteiger partial charge in [-0.25, -0.2) is 19.0 Å². The Hall–Kier alpha value is -2.56. The lowest BCUT2D eigenvalue weighted by Crippen LogP contribution is -2.51. The third-order valence-corrected chi connectivity index (χ3v) is 11.2. The zero-order chi connectivity index (χ0) is 24.6. The number of ether oxygens (including phenoxy) is 1. The number of anilines is 2. The summed E-state index contributed by atoms with van der Waals surface area (Å²) in [6.45, 7) is 7.85. The van der Waals surface area contributed by atoms with Crippen LogP contribution in [0.5, 0.6) is 0 Å². The van der Waals surface area contributed by atoms with Crippen molar-refractivity contribution >= 4 is 26.9 Å². The van der Waals surface area contributed by atoms with Gasteiger partial charge in [0.15, 0.2) is 5.82 Å². The zero-order valence-corrected chi connectivity index (χ0v) is 21.2. The monoisotopic (exact) mass is 489 g/mol. The summed E-state index contributed by atoms with van der Waals surface area (Å²) < 4.78 is 29.1. The molecule has 9 nitrogen and oxygen atoms in total. The molecule has 2 aromatic rings. The van der Waals surface area contributed by atoms with Crippen LogP contribution in [0.4, 0.5) is 16.3 Å². The van der Waals surface area contributed by atoms with Crippen molar-refractivity contribution < 1.29 is 18.3 Å². The first-order chi connectivity index (χ1) is 16.0. The second-order valence-corrected chi connectivity index (χ2v) is 14.3. The van der Waals surface area contributed by atoms with Gasteiger partial charge in [0.2, 0.25) is 0 Å². The molecule has 2 amide bonds. The SMILES string of the molecule is CCS(C)(=O)(O)C(C)(C)c1cc(N2CCOCC2)nc(-c2ccc(NC(=O)NC3CC3)cc2)n1. The number of carbonyl (C=O) groups excluding carboxylic acids is 1. The van der Waals surface area contributed by atoms with E-state index in [2.05, 4.69) is 15.5 Å². The minimum absolute atomic E-state index is 0.125. The minimum atomic E-state index is -4.02. The molecular weight excluding hydrogens is 454 g/mol. The lowest BCUT2D eigenvalue weighted by molar-refractivity contribution is 0.122. The van der Waals surface area contributed by atoms with Gasteiger partial charge in [0.1, 0.15) is 5.82 Å². The molecule has 0 atom stereocenters. The number of amides is 2. The number of benzene rings is 1. The van der Waals surface area contributed by atoms with E-state index >= 15 is 0 Å². The van der Waals surface area contributed by atoms with Crippen molar-refractivity contribution in [2.75, 3.05) is 48.5 Å². The van der Waals surface area contributed by atoms with Crippen LogP contribution in [0.2, 0.25) is 0 Å². The molecular formula is C24H35N5O4S. The molecule has 34 heavy (non-hydrogen) atoms. The topological polar surface area (TPSA) is 117 Å². The Kier molecular flexibility index (Phi) is 6.43. The molecule has 2 aliphatic rings. The lowest BCUT2D eigenvalue weighted by atomic mass is 10.1. The summed E-state index contributed by atoms with van der Waals surface area (Å²) in [6.07, 6.45) is 3.48. The normalized spacial score (nSPS) is 18.1. The third kappa shape index (κ3) is 5.08. The number of hydrogen-bond acceptors (Lipinski definition) is 6. The predicted octanol–water partition coefficient (Wildman–Crippen LogP) is 3.44. The molecule has 0 bridgehead atoms. The van der Waals surface area contributed by atoms with E-state index in [4.69, 9.17) is 14.7 Å². The molecule has 1 aromatic carbocycles. The molecule has 0 unspecified atom stereocenters. The van der Waals surface area contributed by atoms with Crippen LogP contribution in [0.15, 0.2) is 30.3 Å². The first-order valence-corrected chi connectivity index (χ1v) is 14.2. The fraction of sp³-hybridized carbons (Fsp3) is 0.542. The Morgan fingerprint density at radius 3 is 2.44 bits per heavy atom. The highest BCUT2D eigenvalue weighted by Gasteiger charge is 2.42. The summed E-state index contributed by atoms with van der Waals surface area (Å²) in [7, 11) is -4.02. The van der Waals surface area contributed by atoms with E-state index in [9.17, 15) is 13.6 Å². The molecule has 1 aromatic heterocycles. The average Bonchev–Trinajstić information content (AvgIpc) is 3.63. The van der Waals surface area contributed by atoms with Crippen LogP contribution in [0.3, 0.4) is 0 Å². The van der Waals surface area contributed by atoms with Crippen LogP contribution in [-0.2, 0) is 18.8 Å². The second kappa shape index (κ2) is 8.90. The Balaban J connectivity index is 1.69. The Labute approximate surface area is 200 Å². The molecule has 0 spiro atoms. The van der Waals surface area contributed by atoms with Crippen LogP contribution in [0.25, 0.3) is 11.4 Å². The quantitative estimate of drug-likeness (QED) is 0.545. The smallest absolute Gasteiger partial charge is 0.319 e. The van der Waals surface area contributed by atoms with Crippen molar-refractivity contribution in [3.05, 3.63) is 36.0 Å². The molecule has 4 rings (SSSR count). The third-order valence-electron chi connectivity index (χ3n) is 6.97. The second-order valence-electron chi connectivity index (χ2n) is 9.77. The Morgan fingerprint density at radius 1 is 1.21 bits per heavy atom. The van der Waals surface area contributed by atoms with Crippen molar-refractivity contribution in [2.45, 2.75) is 44.4 Å². The number of nitrogens with zero attached hydrogens (tertiary/aromatic N) is 3. The van der Waals surface area contributed by atoms with E-state index in [-0.39, 0.29) is 17.8 Å². The fourth-order valence-electron chi connectivity index (χ4n) is 3.74. The van der Waals surface area contributed by atoms with Crippen LogP contribution < -0.4 is 15.5 Å². The van der Waals surface area contributed by atoms with Crippen LogP contribution >= 0.6 is 0 Å². The maximum absolute atomic E-state index is 13.6. The van der Waals surface area contributed by atoms with E-state index in [1.807, 2.05) is 30.3 Å². The van der Waals surface area contributed by atoms with E-state index in [1.54, 1.807) is 20.8 Å². The van der Waals surface area contributed by atoms with Crippen LogP contribution in [0.1, 0.15) is 39.3 Å². The van der Waals surface area contributed by atoms with Gasteiger partial charge in [0.05, 0.1) is 23.7 Å². The van der Waals surface area contributed by atoms with E-state index in [0.29, 0.717) is 49.3 Å². The van der Waals surface area contributed by atoms with E-state index in [0.717, 1.165) is 18.4 Å². The Morgan fingerprint density at radius 2 is 1.85 bits per heavy atom. The summed E-state index contributed by atoms with van der Waals surface area (Å²) >= 11 is 0. The molecule has 0 radical (unpaired) electrons. The van der Waals surface area contributed by atoms with Gasteiger partial charge < -0.3 is 24.8 Å². The number of urea groups is 1. The summed E-state index contributed by atoms with van der Waals surface area (Å²) in [6, 6.07) is 9.21. The summed E-state index contributed by atoms with van der Waals surface area (Å²) in [5.74, 6) is 1.31. The van der Waals surface area contributed by atoms with Crippen molar-refractivity contribution in [2.24, 2.45) is 0 Å². The molecule has 10 heteroatoms. The Bertz CT molecular complexity index is 1120. The first kappa shape index (κ1) is 24.6. The first-order valence-electron chi connectivity index (χ1n) is 11.7. The number of rotatable bonds is 7. The van der Waals surface area contributed by atoms with Crippen molar-refractivity contribution in [3.63, 3.8) is 0 Å². The molecule has 2 heterocycles. The van der Waals surface area contributed by atoms with E-state index in [1.165, 1.54) is 6.26 Å². The van der Waals surface area contributed by atoms with Gasteiger partial charge in [0.25, 0.3) is 0 Å². The van der Waals surface area contributed by atoms with Gasteiger partial charge in [-0.2, -0.15) is 9.35 Å². The van der Waals surface area contributed by atoms with Gasteiger partial charge in [-0.3, -0.25) is 0 Å². The highest BCUT2D eigenvalue weighted by Crippen LogP contribution is 2.43. The number of nitrogens with one attached hydrogen (secondary N) is 2. The summed E-state index contributed by atoms with van der Waals surface area (Å²) in [4.78, 5) is 23.7. The highest BCUT2D eigenvalue weighted by molar-refractivity contribution is 8.15. The standard InChI is InChI=1S/C24H35N5O4S/c1-5-34(4,31,32)24(2,3)20-16-21(29-12-14-33-15-13-29)28-22(27-20)17-6-8-18(9-7-17)25-23(30)26-19-10-11-19/h6-9,16,19H,5,10-15H2,1-4H3,(H,31,32)(H2,25,26,30). The number of aromatic nitrogens is 2. The van der Waals surface area contributed by atoms with Crippen LogP contribution in [0, 0.1) is 0 Å². The molecule has 1 saturated carbocycles. The van der Waals surface area contributed by atoms with Gasteiger partial charge in [-0.05, 0) is 57.9 Å². The van der Waals surface area contributed by atoms with Gasteiger partial charge >= 0.3 is 6.03 Å². The van der Waals surface area contributed by atoms with E-state index < -0.39 is 14.1 Å². The maximum Gasteiger partial charge on any atom is 0.319 e. The van der Waals surface area contributed by atoms with Gasteiger partial charge in [0, 0.05) is 48.5 Å². The van der Waals surface area contributed by atoms with Gasteiger partial charge in [-0.15, -0.1) is 0 Å². The number of hydrogen-bond donors (Lipinski definition) is 3. The predicted molar refractivity (Wildman–Crippen MR) is 136 cm³/mol. The van der Waals surface area contributed by atoms with Crippen molar-refractivity contribution in [1.29, 1.82) is 0 Å². The maximum atomic E-state index is 13.6. The van der Waals surface area contributed by atoms with Crippen molar-refractivity contribution in [1.82, 2.24) is 15.3 Å². The van der Waals surface area contributed by atoms with Crippen LogP contribution in [-0.4, -0.2) is 69.1 Å². The zero-order valence-electron chi connectivity index (χ0n) is 20.3. The fourth-order valence-corrected chi connectivity index (χ4v) is 5.10. The average molecular weight is 490 g/mol. The molecule has 186 valence electrons. The molecule has 3 N–H and O–H groups in total. The molecule has 1 aliphatic heterocycles. The minimum Gasteiger partial charge on any atom is -0.378 e.